The molecule has 106 valence electrons. The Morgan fingerprint density at radius 3 is 2.21 bits per heavy atom. The topological polar surface area (TPSA) is 12.0 Å². The van der Waals surface area contributed by atoms with E-state index in [9.17, 15) is 0 Å². The Hall–Kier alpha value is 0.140. The lowest BCUT2D eigenvalue weighted by molar-refractivity contribution is 0.233. The SMILES string of the molecule is CCNC(c1cc(Br)cc(Br)c1)C1CCC(C)CC1. The second-order valence-electron chi connectivity index (χ2n) is 5.76. The van der Waals surface area contributed by atoms with Gasteiger partial charge < -0.3 is 5.32 Å². The average molecular weight is 389 g/mol. The lowest BCUT2D eigenvalue weighted by Gasteiger charge is -2.33. The molecule has 1 aliphatic rings. The van der Waals surface area contributed by atoms with E-state index in [0.717, 1.165) is 27.3 Å². The zero-order chi connectivity index (χ0) is 13.8. The molecular formula is C16H23Br2N. The first-order chi connectivity index (χ1) is 9.10. The summed E-state index contributed by atoms with van der Waals surface area (Å²) in [4.78, 5) is 0. The molecule has 1 aromatic rings. The van der Waals surface area contributed by atoms with Crippen molar-refractivity contribution in [2.45, 2.75) is 45.6 Å². The molecule has 1 N–H and O–H groups in total. The first-order valence-corrected chi connectivity index (χ1v) is 8.88. The third kappa shape index (κ3) is 4.30. The summed E-state index contributed by atoms with van der Waals surface area (Å²) in [5, 5.41) is 3.70. The summed E-state index contributed by atoms with van der Waals surface area (Å²) in [6, 6.07) is 7.12. The molecule has 1 atom stereocenters. The van der Waals surface area contributed by atoms with Gasteiger partial charge in [0.05, 0.1) is 0 Å². The fraction of sp³-hybridized carbons (Fsp3) is 0.625. The van der Waals surface area contributed by atoms with E-state index in [1.807, 2.05) is 0 Å². The van der Waals surface area contributed by atoms with Crippen molar-refractivity contribution in [2.75, 3.05) is 6.54 Å². The first-order valence-electron chi connectivity index (χ1n) is 7.29. The van der Waals surface area contributed by atoms with Crippen molar-refractivity contribution < 1.29 is 0 Å². The van der Waals surface area contributed by atoms with Crippen LogP contribution in [0.2, 0.25) is 0 Å². The minimum Gasteiger partial charge on any atom is -0.310 e. The molecule has 0 radical (unpaired) electrons. The van der Waals surface area contributed by atoms with Crippen molar-refractivity contribution in [3.05, 3.63) is 32.7 Å². The lowest BCUT2D eigenvalue weighted by Crippen LogP contribution is -2.30. The molecule has 1 aliphatic carbocycles. The highest BCUT2D eigenvalue weighted by atomic mass is 79.9. The van der Waals surface area contributed by atoms with Crippen LogP contribution in [0.25, 0.3) is 0 Å². The normalized spacial score (nSPS) is 25.3. The average Bonchev–Trinajstić information content (AvgIpc) is 2.36. The predicted molar refractivity (Wildman–Crippen MR) is 89.4 cm³/mol. The van der Waals surface area contributed by atoms with Gasteiger partial charge in [0, 0.05) is 15.0 Å². The highest BCUT2D eigenvalue weighted by Crippen LogP contribution is 2.38. The molecule has 1 saturated carbocycles. The van der Waals surface area contributed by atoms with Crippen molar-refractivity contribution in [3.8, 4) is 0 Å². The van der Waals surface area contributed by atoms with E-state index < -0.39 is 0 Å². The van der Waals surface area contributed by atoms with E-state index in [4.69, 9.17) is 0 Å². The molecule has 1 aromatic carbocycles. The monoisotopic (exact) mass is 387 g/mol. The second-order valence-corrected chi connectivity index (χ2v) is 7.59. The fourth-order valence-electron chi connectivity index (χ4n) is 3.15. The highest BCUT2D eigenvalue weighted by molar-refractivity contribution is 9.11. The van der Waals surface area contributed by atoms with Crippen molar-refractivity contribution in [3.63, 3.8) is 0 Å². The Morgan fingerprint density at radius 1 is 1.11 bits per heavy atom. The number of nitrogens with one attached hydrogen (secondary N) is 1. The number of rotatable bonds is 4. The maximum atomic E-state index is 3.70. The van der Waals surface area contributed by atoms with Crippen LogP contribution in [0.3, 0.4) is 0 Å². The third-order valence-corrected chi connectivity index (χ3v) is 5.12. The zero-order valence-electron chi connectivity index (χ0n) is 11.8. The summed E-state index contributed by atoms with van der Waals surface area (Å²) < 4.78 is 2.31. The Bertz CT molecular complexity index is 391. The van der Waals surface area contributed by atoms with Gasteiger partial charge in [0.25, 0.3) is 0 Å². The van der Waals surface area contributed by atoms with Gasteiger partial charge in [-0.25, -0.2) is 0 Å². The van der Waals surface area contributed by atoms with Gasteiger partial charge in [0.2, 0.25) is 0 Å². The van der Waals surface area contributed by atoms with Crippen LogP contribution in [-0.4, -0.2) is 6.54 Å². The van der Waals surface area contributed by atoms with Crippen molar-refractivity contribution in [1.82, 2.24) is 5.32 Å². The Balaban J connectivity index is 2.19. The molecular weight excluding hydrogens is 366 g/mol. The van der Waals surface area contributed by atoms with Crippen LogP contribution in [0.4, 0.5) is 0 Å². The van der Waals surface area contributed by atoms with Gasteiger partial charge in [-0.1, -0.05) is 58.5 Å². The fourth-order valence-corrected chi connectivity index (χ4v) is 4.48. The number of halogens is 2. The Labute approximate surface area is 133 Å². The largest absolute Gasteiger partial charge is 0.310 e. The van der Waals surface area contributed by atoms with Gasteiger partial charge >= 0.3 is 0 Å². The molecule has 0 bridgehead atoms. The van der Waals surface area contributed by atoms with E-state index in [-0.39, 0.29) is 0 Å². The number of hydrogen-bond donors (Lipinski definition) is 1. The van der Waals surface area contributed by atoms with E-state index in [1.54, 1.807) is 0 Å². The smallest absolute Gasteiger partial charge is 0.0349 e. The van der Waals surface area contributed by atoms with Crippen LogP contribution in [0.5, 0.6) is 0 Å². The summed E-state index contributed by atoms with van der Waals surface area (Å²) in [6.07, 6.45) is 5.45. The van der Waals surface area contributed by atoms with E-state index in [2.05, 4.69) is 69.2 Å². The van der Waals surface area contributed by atoms with Crippen molar-refractivity contribution >= 4 is 31.9 Å². The van der Waals surface area contributed by atoms with Crippen LogP contribution in [0.15, 0.2) is 27.1 Å². The molecule has 3 heteroatoms. The molecule has 1 fully saturated rings. The minimum atomic E-state index is 0.492. The second kappa shape index (κ2) is 7.24. The first kappa shape index (κ1) is 15.5. The maximum absolute atomic E-state index is 3.70. The standard InChI is InChI=1S/C16H23Br2N/c1-3-19-16(12-6-4-11(2)5-7-12)13-8-14(17)10-15(18)9-13/h8-12,16,19H,3-7H2,1-2H3. The molecule has 0 amide bonds. The lowest BCUT2D eigenvalue weighted by atomic mass is 9.77. The molecule has 0 aromatic heterocycles. The molecule has 0 heterocycles. The van der Waals surface area contributed by atoms with Gasteiger partial charge in [-0.3, -0.25) is 0 Å². The zero-order valence-corrected chi connectivity index (χ0v) is 14.9. The number of benzene rings is 1. The Morgan fingerprint density at radius 2 is 1.68 bits per heavy atom. The maximum Gasteiger partial charge on any atom is 0.0349 e. The van der Waals surface area contributed by atoms with Gasteiger partial charge in [-0.15, -0.1) is 0 Å². The summed E-state index contributed by atoms with van der Waals surface area (Å²) in [5.41, 5.74) is 1.41. The van der Waals surface area contributed by atoms with Crippen LogP contribution >= 0.6 is 31.9 Å². The molecule has 19 heavy (non-hydrogen) atoms. The summed E-state index contributed by atoms with van der Waals surface area (Å²) in [5.74, 6) is 1.69. The van der Waals surface area contributed by atoms with Crippen LogP contribution in [0, 0.1) is 11.8 Å². The van der Waals surface area contributed by atoms with Gasteiger partial charge in [0.15, 0.2) is 0 Å². The molecule has 1 unspecified atom stereocenters. The van der Waals surface area contributed by atoms with Crippen LogP contribution in [0.1, 0.15) is 51.1 Å². The highest BCUT2D eigenvalue weighted by Gasteiger charge is 2.26. The molecule has 1 nitrogen and oxygen atoms in total. The Kier molecular flexibility index (Phi) is 5.91. The van der Waals surface area contributed by atoms with Crippen LogP contribution < -0.4 is 5.32 Å². The summed E-state index contributed by atoms with van der Waals surface area (Å²) in [6.45, 7) is 5.61. The van der Waals surface area contributed by atoms with Crippen molar-refractivity contribution in [1.29, 1.82) is 0 Å². The predicted octanol–water partition coefficient (Wildman–Crippen LogP) is 5.69. The molecule has 0 spiro atoms. The van der Waals surface area contributed by atoms with Gasteiger partial charge in [0.1, 0.15) is 0 Å². The van der Waals surface area contributed by atoms with Gasteiger partial charge in [-0.2, -0.15) is 0 Å². The quantitative estimate of drug-likeness (QED) is 0.698. The summed E-state index contributed by atoms with van der Waals surface area (Å²) >= 11 is 7.22. The number of hydrogen-bond acceptors (Lipinski definition) is 1. The van der Waals surface area contributed by atoms with Gasteiger partial charge in [-0.05, 0) is 55.0 Å². The van der Waals surface area contributed by atoms with E-state index in [1.165, 1.54) is 31.2 Å². The summed E-state index contributed by atoms with van der Waals surface area (Å²) in [7, 11) is 0. The molecule has 0 saturated heterocycles. The minimum absolute atomic E-state index is 0.492. The van der Waals surface area contributed by atoms with Crippen molar-refractivity contribution in [2.24, 2.45) is 11.8 Å². The third-order valence-electron chi connectivity index (χ3n) is 4.20. The van der Waals surface area contributed by atoms with E-state index >= 15 is 0 Å². The van der Waals surface area contributed by atoms with Crippen LogP contribution in [-0.2, 0) is 0 Å². The molecule has 0 aliphatic heterocycles. The van der Waals surface area contributed by atoms with E-state index in [0.29, 0.717) is 6.04 Å². The molecule has 2 rings (SSSR count).